The molecule has 0 bridgehead atoms. The van der Waals surface area contributed by atoms with Gasteiger partial charge in [-0.3, -0.25) is 0 Å². The van der Waals surface area contributed by atoms with E-state index in [-0.39, 0.29) is 0 Å². The Morgan fingerprint density at radius 1 is 0.314 bits per heavy atom. The van der Waals surface area contributed by atoms with Crippen LogP contribution in [0, 0.1) is 0 Å². The van der Waals surface area contributed by atoms with Crippen LogP contribution in [-0.4, -0.2) is 24.6 Å². The van der Waals surface area contributed by atoms with Crippen molar-refractivity contribution in [3.63, 3.8) is 0 Å². The zero-order chi connectivity index (χ0) is 34.7. The van der Waals surface area contributed by atoms with Crippen LogP contribution in [0.15, 0.2) is 206 Å². The number of hydrogen-bond acceptors (Lipinski definition) is 1. The molecule has 0 radical (unpaired) electrons. The fourth-order valence-electron chi connectivity index (χ4n) is 6.72. The predicted molar refractivity (Wildman–Crippen MR) is 230 cm³/mol. The standard InChI is InChI=1S/C46H42OP4/c47-51(43-29-15-5-16-30-43,44-31-17-6-18-32-44)38-37-50(42-27-13-4-14-28-42)46-34-20-19-33-45(46)49(41-25-11-3-12-26-41)36-35-48(39-21-7-1-8-22-39)40-23-9-2-10-24-40/h1-34H,35-38H2. The minimum absolute atomic E-state index is 0.522. The third-order valence-corrected chi connectivity index (χ3v) is 20.9. The Bertz CT molecular complexity index is 2050. The average Bonchev–Trinajstić information content (AvgIpc) is 3.22. The Labute approximate surface area is 307 Å². The summed E-state index contributed by atoms with van der Waals surface area (Å²) in [6.45, 7) is 0. The third-order valence-electron chi connectivity index (χ3n) is 9.27. The van der Waals surface area contributed by atoms with E-state index in [1.807, 2.05) is 36.4 Å². The van der Waals surface area contributed by atoms with E-state index in [0.717, 1.165) is 29.1 Å². The van der Waals surface area contributed by atoms with Crippen LogP contribution in [0.3, 0.4) is 0 Å². The van der Waals surface area contributed by atoms with Gasteiger partial charge in [-0.25, -0.2) is 0 Å². The van der Waals surface area contributed by atoms with Crippen molar-refractivity contribution in [2.75, 3.05) is 24.6 Å². The van der Waals surface area contributed by atoms with E-state index in [4.69, 9.17) is 0 Å². The third kappa shape index (κ3) is 8.58. The monoisotopic (exact) mass is 734 g/mol. The number of rotatable bonds is 14. The van der Waals surface area contributed by atoms with Crippen molar-refractivity contribution in [2.45, 2.75) is 0 Å². The predicted octanol–water partition coefficient (Wildman–Crippen LogP) is 8.70. The summed E-state index contributed by atoms with van der Waals surface area (Å²) < 4.78 is 15.3. The Morgan fingerprint density at radius 2 is 0.588 bits per heavy atom. The SMILES string of the molecule is O=P(CCP(c1ccccc1)c1ccccc1P(CCP(c1ccccc1)c1ccccc1)c1ccccc1)(c1ccccc1)c1ccccc1. The van der Waals surface area contributed by atoms with Gasteiger partial charge in [0, 0.05) is 16.8 Å². The highest BCUT2D eigenvalue weighted by Crippen LogP contribution is 2.48. The van der Waals surface area contributed by atoms with Crippen LogP contribution in [0.25, 0.3) is 0 Å². The molecular weight excluding hydrogens is 692 g/mol. The summed E-state index contributed by atoms with van der Waals surface area (Å²) in [5.74, 6) is 0. The molecule has 0 N–H and O–H groups in total. The second kappa shape index (κ2) is 17.5. The van der Waals surface area contributed by atoms with Gasteiger partial charge in [0.15, 0.2) is 0 Å². The highest BCUT2D eigenvalue weighted by molar-refractivity contribution is 7.82. The van der Waals surface area contributed by atoms with E-state index in [9.17, 15) is 0 Å². The minimum atomic E-state index is -2.89. The maximum absolute atomic E-state index is 15.3. The number of hydrogen-bond donors (Lipinski definition) is 0. The van der Waals surface area contributed by atoms with Crippen LogP contribution < -0.4 is 42.4 Å². The first-order valence-electron chi connectivity index (χ1n) is 17.5. The summed E-state index contributed by atoms with van der Waals surface area (Å²) in [5.41, 5.74) is 0. The van der Waals surface area contributed by atoms with Gasteiger partial charge in [-0.05, 0) is 74.1 Å². The van der Waals surface area contributed by atoms with Crippen molar-refractivity contribution in [1.82, 2.24) is 0 Å². The fourth-order valence-corrected chi connectivity index (χ4v) is 18.8. The van der Waals surface area contributed by atoms with Crippen molar-refractivity contribution >= 4 is 73.3 Å². The normalized spacial score (nSPS) is 12.7. The molecule has 0 fully saturated rings. The van der Waals surface area contributed by atoms with Gasteiger partial charge < -0.3 is 4.57 Å². The van der Waals surface area contributed by atoms with Crippen LogP contribution in [0.2, 0.25) is 0 Å². The molecule has 0 aliphatic heterocycles. The van der Waals surface area contributed by atoms with Gasteiger partial charge in [0.2, 0.25) is 0 Å². The summed E-state index contributed by atoms with van der Waals surface area (Å²) in [6, 6.07) is 73.9. The van der Waals surface area contributed by atoms with E-state index >= 15 is 4.57 Å². The summed E-state index contributed by atoms with van der Waals surface area (Å²) in [6.07, 6.45) is 3.66. The molecule has 2 atom stereocenters. The van der Waals surface area contributed by atoms with Gasteiger partial charge in [-0.2, -0.15) is 0 Å². The Hall–Kier alpha value is -3.94. The van der Waals surface area contributed by atoms with Gasteiger partial charge in [0.1, 0.15) is 7.14 Å². The van der Waals surface area contributed by atoms with E-state index < -0.39 is 30.9 Å². The lowest BCUT2D eigenvalue weighted by Gasteiger charge is -2.29. The zero-order valence-electron chi connectivity index (χ0n) is 28.7. The molecule has 0 aliphatic rings. The Balaban J connectivity index is 1.29. The van der Waals surface area contributed by atoms with E-state index in [0.29, 0.717) is 6.16 Å². The Kier molecular flexibility index (Phi) is 12.2. The summed E-state index contributed by atoms with van der Waals surface area (Å²) in [4.78, 5) is 0. The molecule has 5 heteroatoms. The molecule has 0 saturated carbocycles. The molecule has 0 aromatic heterocycles. The lowest BCUT2D eigenvalue weighted by atomic mass is 10.4. The molecule has 0 saturated heterocycles. The number of benzene rings is 7. The minimum Gasteiger partial charge on any atom is -0.314 e. The maximum atomic E-state index is 15.3. The van der Waals surface area contributed by atoms with Gasteiger partial charge in [0.25, 0.3) is 0 Å². The first kappa shape index (κ1) is 35.5. The van der Waals surface area contributed by atoms with Crippen LogP contribution in [0.1, 0.15) is 0 Å². The molecule has 7 aromatic carbocycles. The molecule has 7 rings (SSSR count). The Morgan fingerprint density at radius 3 is 0.961 bits per heavy atom. The lowest BCUT2D eigenvalue weighted by Crippen LogP contribution is -2.32. The van der Waals surface area contributed by atoms with Crippen LogP contribution in [0.4, 0.5) is 0 Å². The molecule has 1 nitrogen and oxygen atoms in total. The zero-order valence-corrected chi connectivity index (χ0v) is 32.2. The lowest BCUT2D eigenvalue weighted by molar-refractivity contribution is 0.588. The second-order valence-corrected chi connectivity index (χ2v) is 22.3. The molecule has 7 aromatic rings. The van der Waals surface area contributed by atoms with Gasteiger partial charge >= 0.3 is 0 Å². The molecule has 0 spiro atoms. The summed E-state index contributed by atoms with van der Waals surface area (Å²) >= 11 is 0. The van der Waals surface area contributed by atoms with E-state index in [1.54, 1.807) is 0 Å². The van der Waals surface area contributed by atoms with Gasteiger partial charge in [-0.1, -0.05) is 206 Å². The smallest absolute Gasteiger partial charge is 0.143 e. The largest absolute Gasteiger partial charge is 0.314 e. The summed E-state index contributed by atoms with van der Waals surface area (Å²) in [5, 5.41) is 10.4. The first-order chi connectivity index (χ1) is 25.2. The molecule has 0 aliphatic carbocycles. The topological polar surface area (TPSA) is 17.1 Å². The molecule has 0 heterocycles. The van der Waals surface area contributed by atoms with Crippen molar-refractivity contribution in [1.29, 1.82) is 0 Å². The quantitative estimate of drug-likeness (QED) is 0.102. The van der Waals surface area contributed by atoms with Crippen LogP contribution in [0.5, 0.6) is 0 Å². The molecular formula is C46H42OP4. The highest BCUT2D eigenvalue weighted by Gasteiger charge is 2.31. The highest BCUT2D eigenvalue weighted by atomic mass is 31.2. The fraction of sp³-hybridized carbons (Fsp3) is 0.0870. The molecule has 51 heavy (non-hydrogen) atoms. The maximum Gasteiger partial charge on any atom is 0.143 e. The van der Waals surface area contributed by atoms with Crippen molar-refractivity contribution < 1.29 is 4.57 Å². The summed E-state index contributed by atoms with van der Waals surface area (Å²) in [7, 11) is -4.88. The molecule has 2 unspecified atom stereocenters. The van der Waals surface area contributed by atoms with Crippen molar-refractivity contribution in [3.8, 4) is 0 Å². The van der Waals surface area contributed by atoms with E-state index in [2.05, 4.69) is 170 Å². The van der Waals surface area contributed by atoms with Crippen molar-refractivity contribution in [2.24, 2.45) is 0 Å². The van der Waals surface area contributed by atoms with Crippen LogP contribution >= 0.6 is 30.9 Å². The molecule has 0 amide bonds. The average molecular weight is 735 g/mol. The van der Waals surface area contributed by atoms with Crippen molar-refractivity contribution in [3.05, 3.63) is 206 Å². The van der Waals surface area contributed by atoms with Gasteiger partial charge in [-0.15, -0.1) is 0 Å². The molecule has 252 valence electrons. The van der Waals surface area contributed by atoms with Crippen LogP contribution in [-0.2, 0) is 4.57 Å². The van der Waals surface area contributed by atoms with E-state index in [1.165, 1.54) is 31.8 Å². The second-order valence-electron chi connectivity index (χ2n) is 12.4. The first-order valence-corrected chi connectivity index (χ1v) is 24.0. The van der Waals surface area contributed by atoms with Gasteiger partial charge in [0.05, 0.1) is 0 Å².